The monoisotopic (exact) mass is 334 g/mol. The summed E-state index contributed by atoms with van der Waals surface area (Å²) in [6.07, 6.45) is 0.684. The van der Waals surface area contributed by atoms with E-state index in [2.05, 4.69) is 5.32 Å². The van der Waals surface area contributed by atoms with Gasteiger partial charge in [0.2, 0.25) is 17.7 Å². The normalized spacial score (nSPS) is 11.0. The highest BCUT2D eigenvalue weighted by Gasteiger charge is 2.26. The molecule has 0 saturated heterocycles. The Morgan fingerprint density at radius 1 is 1.21 bits per heavy atom. The van der Waals surface area contributed by atoms with Crippen LogP contribution in [-0.2, 0) is 9.59 Å². The van der Waals surface area contributed by atoms with Gasteiger partial charge in [-0.15, -0.1) is 0 Å². The Labute approximate surface area is 142 Å². The van der Waals surface area contributed by atoms with E-state index >= 15 is 0 Å². The molecule has 0 atom stereocenters. The van der Waals surface area contributed by atoms with Crippen molar-refractivity contribution in [3.63, 3.8) is 0 Å². The first-order chi connectivity index (χ1) is 11.1. The maximum Gasteiger partial charge on any atom is 0.248 e. The van der Waals surface area contributed by atoms with Gasteiger partial charge in [-0.2, -0.15) is 0 Å². The summed E-state index contributed by atoms with van der Waals surface area (Å²) in [6, 6.07) is 6.87. The first-order valence-corrected chi connectivity index (χ1v) is 7.81. The van der Waals surface area contributed by atoms with Crippen LogP contribution in [0.4, 0.5) is 5.69 Å². The van der Waals surface area contributed by atoms with Crippen molar-refractivity contribution in [2.24, 2.45) is 16.9 Å². The van der Waals surface area contributed by atoms with Gasteiger partial charge in [0.25, 0.3) is 0 Å². The summed E-state index contributed by atoms with van der Waals surface area (Å²) >= 11 is 0. The van der Waals surface area contributed by atoms with Crippen molar-refractivity contribution >= 4 is 23.4 Å². The Bertz CT molecular complexity index is 614. The van der Waals surface area contributed by atoms with Gasteiger partial charge in [-0.1, -0.05) is 19.9 Å². The molecule has 5 N–H and O–H groups in total. The summed E-state index contributed by atoms with van der Waals surface area (Å²) in [6.45, 7) is 4.49. The van der Waals surface area contributed by atoms with E-state index in [0.29, 0.717) is 25.1 Å². The largest absolute Gasteiger partial charge is 0.383 e. The summed E-state index contributed by atoms with van der Waals surface area (Å²) in [4.78, 5) is 36.1. The van der Waals surface area contributed by atoms with Crippen LogP contribution in [0.5, 0.6) is 0 Å². The number of carbonyl (C=O) groups excluding carboxylic acids is 3. The molecule has 0 unspecified atom stereocenters. The number of rotatable bonds is 9. The molecule has 0 radical (unpaired) electrons. The van der Waals surface area contributed by atoms with Gasteiger partial charge >= 0.3 is 0 Å². The number of likely N-dealkylation sites (N-methyl/N-ethyl adjacent to an activating group) is 1. The average Bonchev–Trinajstić information content (AvgIpc) is 2.52. The number of hydrogen-bond donors (Lipinski definition) is 3. The zero-order valence-electron chi connectivity index (χ0n) is 14.5. The van der Waals surface area contributed by atoms with Crippen molar-refractivity contribution in [2.75, 3.05) is 25.5 Å². The molecule has 0 bridgehead atoms. The molecule has 1 aromatic carbocycles. The van der Waals surface area contributed by atoms with Crippen LogP contribution in [0, 0.1) is 5.41 Å². The third kappa shape index (κ3) is 5.91. The second-order valence-electron chi connectivity index (χ2n) is 6.44. The molecule has 1 rings (SSSR count). The number of primary amides is 2. The zero-order chi connectivity index (χ0) is 18.3. The number of nitrogens with one attached hydrogen (secondary N) is 1. The Morgan fingerprint density at radius 2 is 1.88 bits per heavy atom. The minimum atomic E-state index is -0.691. The SMILES string of the molecule is CN(CCNc1cccc(C(N)=O)c1)C(=O)CCC(C)(C)C(N)=O. The van der Waals surface area contributed by atoms with Gasteiger partial charge in [-0.05, 0) is 24.6 Å². The molecule has 0 aliphatic rings. The quantitative estimate of drug-likeness (QED) is 0.623. The van der Waals surface area contributed by atoms with E-state index in [0.717, 1.165) is 5.69 Å². The van der Waals surface area contributed by atoms with E-state index in [-0.39, 0.29) is 12.3 Å². The number of amides is 3. The fourth-order valence-corrected chi connectivity index (χ4v) is 2.01. The third-order valence-electron chi connectivity index (χ3n) is 3.98. The lowest BCUT2D eigenvalue weighted by Crippen LogP contribution is -2.35. The second-order valence-corrected chi connectivity index (χ2v) is 6.44. The molecule has 0 aliphatic heterocycles. The van der Waals surface area contributed by atoms with Gasteiger partial charge in [-0.25, -0.2) is 0 Å². The fraction of sp³-hybridized carbons (Fsp3) is 0.471. The summed E-state index contributed by atoms with van der Waals surface area (Å²) < 4.78 is 0. The molecule has 7 nitrogen and oxygen atoms in total. The highest BCUT2D eigenvalue weighted by molar-refractivity contribution is 5.93. The second kappa shape index (κ2) is 8.33. The lowest BCUT2D eigenvalue weighted by atomic mass is 9.87. The molecule has 0 aliphatic carbocycles. The van der Waals surface area contributed by atoms with E-state index in [1.807, 2.05) is 6.07 Å². The van der Waals surface area contributed by atoms with Crippen LogP contribution in [0.25, 0.3) is 0 Å². The first-order valence-electron chi connectivity index (χ1n) is 7.81. The molecule has 0 aromatic heterocycles. The van der Waals surface area contributed by atoms with E-state index in [4.69, 9.17) is 11.5 Å². The minimum Gasteiger partial charge on any atom is -0.383 e. The molecular weight excluding hydrogens is 308 g/mol. The minimum absolute atomic E-state index is 0.0444. The van der Waals surface area contributed by atoms with Crippen molar-refractivity contribution in [1.82, 2.24) is 4.90 Å². The molecule has 1 aromatic rings. The number of hydrogen-bond acceptors (Lipinski definition) is 4. The summed E-state index contributed by atoms with van der Waals surface area (Å²) in [5.41, 5.74) is 11.0. The topological polar surface area (TPSA) is 119 Å². The number of benzene rings is 1. The van der Waals surface area contributed by atoms with Crippen molar-refractivity contribution < 1.29 is 14.4 Å². The lowest BCUT2D eigenvalue weighted by Gasteiger charge is -2.22. The van der Waals surface area contributed by atoms with Crippen molar-refractivity contribution in [2.45, 2.75) is 26.7 Å². The number of nitrogens with two attached hydrogens (primary N) is 2. The van der Waals surface area contributed by atoms with Gasteiger partial charge < -0.3 is 21.7 Å². The smallest absolute Gasteiger partial charge is 0.248 e. The highest BCUT2D eigenvalue weighted by atomic mass is 16.2. The van der Waals surface area contributed by atoms with Crippen LogP contribution in [0.15, 0.2) is 24.3 Å². The molecule has 0 fully saturated rings. The van der Waals surface area contributed by atoms with Crippen molar-refractivity contribution in [3.05, 3.63) is 29.8 Å². The maximum absolute atomic E-state index is 12.1. The predicted molar refractivity (Wildman–Crippen MR) is 93.3 cm³/mol. The van der Waals surface area contributed by atoms with Gasteiger partial charge in [-0.3, -0.25) is 14.4 Å². The Balaban J connectivity index is 2.42. The Morgan fingerprint density at radius 3 is 2.46 bits per heavy atom. The highest BCUT2D eigenvalue weighted by Crippen LogP contribution is 2.21. The van der Waals surface area contributed by atoms with Crippen LogP contribution in [0.2, 0.25) is 0 Å². The predicted octanol–water partition coefficient (Wildman–Crippen LogP) is 0.948. The van der Waals surface area contributed by atoms with E-state index in [1.165, 1.54) is 0 Å². The van der Waals surface area contributed by atoms with Crippen molar-refractivity contribution in [3.8, 4) is 0 Å². The van der Waals surface area contributed by atoms with Gasteiger partial charge in [0, 0.05) is 43.2 Å². The van der Waals surface area contributed by atoms with Crippen LogP contribution in [0.3, 0.4) is 0 Å². The Hall–Kier alpha value is -2.57. The molecule has 0 spiro atoms. The van der Waals surface area contributed by atoms with Crippen LogP contribution in [0.1, 0.15) is 37.0 Å². The molecule has 0 heterocycles. The van der Waals surface area contributed by atoms with Crippen LogP contribution >= 0.6 is 0 Å². The molecule has 3 amide bonds. The molecule has 132 valence electrons. The van der Waals surface area contributed by atoms with Gasteiger partial charge in [0.15, 0.2) is 0 Å². The standard InChI is InChI=1S/C17H26N4O3/c1-17(2,16(19)24)8-7-14(22)21(3)10-9-20-13-6-4-5-12(11-13)15(18)23/h4-6,11,20H,7-10H2,1-3H3,(H2,18,23)(H2,19,24). The Kier molecular flexibility index (Phi) is 6.76. The summed E-state index contributed by atoms with van der Waals surface area (Å²) in [7, 11) is 1.71. The van der Waals surface area contributed by atoms with E-state index < -0.39 is 17.2 Å². The number of carbonyl (C=O) groups is 3. The fourth-order valence-electron chi connectivity index (χ4n) is 2.01. The van der Waals surface area contributed by atoms with Gasteiger partial charge in [0.1, 0.15) is 0 Å². The average molecular weight is 334 g/mol. The third-order valence-corrected chi connectivity index (χ3v) is 3.98. The van der Waals surface area contributed by atoms with E-state index in [1.54, 1.807) is 44.0 Å². The number of nitrogens with zero attached hydrogens (tertiary/aromatic N) is 1. The first kappa shape index (κ1) is 19.5. The molecule has 24 heavy (non-hydrogen) atoms. The van der Waals surface area contributed by atoms with Crippen LogP contribution < -0.4 is 16.8 Å². The van der Waals surface area contributed by atoms with Gasteiger partial charge in [0.05, 0.1) is 0 Å². The van der Waals surface area contributed by atoms with Crippen molar-refractivity contribution in [1.29, 1.82) is 0 Å². The summed E-state index contributed by atoms with van der Waals surface area (Å²) in [5, 5.41) is 3.14. The lowest BCUT2D eigenvalue weighted by molar-refractivity contribution is -0.131. The molecular formula is C17H26N4O3. The molecule has 7 heteroatoms. The maximum atomic E-state index is 12.1. The molecule has 0 saturated carbocycles. The van der Waals surface area contributed by atoms with Crippen LogP contribution in [-0.4, -0.2) is 42.8 Å². The van der Waals surface area contributed by atoms with E-state index in [9.17, 15) is 14.4 Å². The number of anilines is 1. The summed E-state index contributed by atoms with van der Waals surface area (Å²) in [5.74, 6) is -0.936. The zero-order valence-corrected chi connectivity index (χ0v) is 14.5.